The molecule has 7 nitrogen and oxygen atoms in total. The number of urea groups is 1. The van der Waals surface area contributed by atoms with Gasteiger partial charge >= 0.3 is 6.03 Å². The van der Waals surface area contributed by atoms with E-state index in [9.17, 15) is 15.0 Å². The molecule has 0 unspecified atom stereocenters. The average Bonchev–Trinajstić information content (AvgIpc) is 3.09. The maximum atomic E-state index is 14.7. The number of ether oxygens (including phenoxy) is 2. The monoisotopic (exact) mass is 566 g/mol. The minimum Gasteiger partial charge on any atom is -0.496 e. The second kappa shape index (κ2) is 13.6. The summed E-state index contributed by atoms with van der Waals surface area (Å²) in [5.41, 5.74) is 3.56. The van der Waals surface area contributed by atoms with Crippen molar-refractivity contribution in [1.82, 2.24) is 9.80 Å². The fourth-order valence-corrected chi connectivity index (χ4v) is 5.86. The van der Waals surface area contributed by atoms with E-state index in [1.165, 1.54) is 0 Å². The maximum Gasteiger partial charge on any atom is 0.321 e. The number of rotatable bonds is 10. The van der Waals surface area contributed by atoms with Crippen molar-refractivity contribution in [3.8, 4) is 11.5 Å². The Hall–Kier alpha value is -4.33. The average molecular weight is 567 g/mol. The van der Waals surface area contributed by atoms with Crippen LogP contribution < -0.4 is 9.47 Å². The molecule has 5 rings (SSSR count). The normalized spacial score (nSPS) is 20.7. The van der Waals surface area contributed by atoms with Crippen LogP contribution in [0.3, 0.4) is 0 Å². The highest BCUT2D eigenvalue weighted by Gasteiger charge is 2.46. The van der Waals surface area contributed by atoms with Gasteiger partial charge in [-0.15, -0.1) is 0 Å². The molecule has 218 valence electrons. The van der Waals surface area contributed by atoms with Crippen LogP contribution in [0.2, 0.25) is 0 Å². The van der Waals surface area contributed by atoms with E-state index in [0.29, 0.717) is 24.3 Å². The first-order valence-electron chi connectivity index (χ1n) is 14.2. The van der Waals surface area contributed by atoms with Crippen molar-refractivity contribution >= 4 is 6.03 Å². The molecule has 0 radical (unpaired) electrons. The molecule has 1 fully saturated rings. The second-order valence-electron chi connectivity index (χ2n) is 10.7. The summed E-state index contributed by atoms with van der Waals surface area (Å²) in [6, 6.07) is 33.0. The van der Waals surface area contributed by atoms with Crippen molar-refractivity contribution in [3.05, 3.63) is 131 Å². The highest BCUT2D eigenvalue weighted by atomic mass is 16.5. The summed E-state index contributed by atoms with van der Waals surface area (Å²) in [5, 5.41) is 23.8. The number of methoxy groups -OCH3 is 2. The Balaban J connectivity index is 1.61. The molecule has 1 saturated heterocycles. The molecular weight excluding hydrogens is 528 g/mol. The molecule has 1 heterocycles. The van der Waals surface area contributed by atoms with E-state index in [4.69, 9.17) is 9.47 Å². The molecule has 2 N–H and O–H groups in total. The topological polar surface area (TPSA) is 82.5 Å². The van der Waals surface area contributed by atoms with E-state index in [-0.39, 0.29) is 19.1 Å². The SMILES string of the molecule is COc1ccccc1C[C@@H]1[C@H](O)[C@@H](O)[C@@H](Cc2ccccc2OC)N(Cc2ccccc2)C(=O)N1Cc1ccccc1. The van der Waals surface area contributed by atoms with Crippen molar-refractivity contribution in [1.29, 1.82) is 0 Å². The molecule has 0 aliphatic carbocycles. The predicted molar refractivity (Wildman–Crippen MR) is 162 cm³/mol. The molecule has 1 aliphatic heterocycles. The number of amides is 2. The van der Waals surface area contributed by atoms with E-state index in [1.807, 2.05) is 109 Å². The highest BCUT2D eigenvalue weighted by molar-refractivity contribution is 5.76. The Labute approximate surface area is 247 Å². The third-order valence-corrected chi connectivity index (χ3v) is 8.07. The van der Waals surface area contributed by atoms with Crippen LogP contribution in [-0.4, -0.2) is 64.6 Å². The zero-order valence-corrected chi connectivity index (χ0v) is 24.0. The van der Waals surface area contributed by atoms with Gasteiger partial charge < -0.3 is 29.5 Å². The summed E-state index contributed by atoms with van der Waals surface area (Å²) in [6.45, 7) is 0.547. The van der Waals surface area contributed by atoms with Crippen molar-refractivity contribution in [2.45, 2.75) is 50.2 Å². The second-order valence-corrected chi connectivity index (χ2v) is 10.7. The van der Waals surface area contributed by atoms with Gasteiger partial charge in [-0.2, -0.15) is 0 Å². The van der Waals surface area contributed by atoms with Gasteiger partial charge in [-0.25, -0.2) is 4.79 Å². The number of hydrogen-bond donors (Lipinski definition) is 2. The minimum atomic E-state index is -1.23. The number of carbonyl (C=O) groups excluding carboxylic acids is 1. The Bertz CT molecular complexity index is 1340. The molecular formula is C35H38N2O5. The van der Waals surface area contributed by atoms with Gasteiger partial charge in [0, 0.05) is 13.1 Å². The molecule has 4 atom stereocenters. The van der Waals surface area contributed by atoms with Gasteiger partial charge in [0.1, 0.15) is 23.7 Å². The first-order chi connectivity index (χ1) is 20.5. The predicted octanol–water partition coefficient (Wildman–Crippen LogP) is 5.09. The van der Waals surface area contributed by atoms with Crippen molar-refractivity contribution in [2.75, 3.05) is 14.2 Å². The number of benzene rings is 4. The third-order valence-electron chi connectivity index (χ3n) is 8.07. The van der Waals surface area contributed by atoms with Crippen LogP contribution in [0.15, 0.2) is 109 Å². The molecule has 1 aliphatic rings. The smallest absolute Gasteiger partial charge is 0.321 e. The largest absolute Gasteiger partial charge is 0.496 e. The Morgan fingerprint density at radius 1 is 0.571 bits per heavy atom. The van der Waals surface area contributed by atoms with E-state index < -0.39 is 24.3 Å². The number of para-hydroxylation sites is 2. The number of aliphatic hydroxyl groups excluding tert-OH is 2. The standard InChI is InChI=1S/C35H38N2O5/c1-41-31-19-11-9-17-27(31)21-29-33(38)34(39)30(22-28-18-10-12-20-32(28)42-2)37(24-26-15-7-4-8-16-26)35(40)36(29)23-25-13-5-3-6-14-25/h3-20,29-30,33-34,38-39H,21-24H2,1-2H3/t29-,30-,33+,34+/m1/s1. The summed E-state index contributed by atoms with van der Waals surface area (Å²) in [6.07, 6.45) is -1.85. The first-order valence-corrected chi connectivity index (χ1v) is 14.2. The zero-order valence-electron chi connectivity index (χ0n) is 24.0. The van der Waals surface area contributed by atoms with Crippen LogP contribution in [0.5, 0.6) is 11.5 Å². The zero-order chi connectivity index (χ0) is 29.5. The maximum absolute atomic E-state index is 14.7. The quantitative estimate of drug-likeness (QED) is 0.280. The van der Waals surface area contributed by atoms with Gasteiger partial charge in [-0.3, -0.25) is 0 Å². The van der Waals surface area contributed by atoms with E-state index in [0.717, 1.165) is 22.3 Å². The van der Waals surface area contributed by atoms with Gasteiger partial charge in [0.25, 0.3) is 0 Å². The van der Waals surface area contributed by atoms with Crippen LogP contribution >= 0.6 is 0 Å². The lowest BCUT2D eigenvalue weighted by atomic mass is 9.90. The van der Waals surface area contributed by atoms with E-state index in [2.05, 4.69) is 0 Å². The highest BCUT2D eigenvalue weighted by Crippen LogP contribution is 2.32. The number of nitrogens with zero attached hydrogens (tertiary/aromatic N) is 2. The lowest BCUT2D eigenvalue weighted by molar-refractivity contribution is -0.0410. The number of carbonyl (C=O) groups is 1. The summed E-state index contributed by atoms with van der Waals surface area (Å²) < 4.78 is 11.2. The number of aliphatic hydroxyl groups is 2. The third kappa shape index (κ3) is 6.43. The molecule has 4 aromatic carbocycles. The molecule has 0 aromatic heterocycles. The summed E-state index contributed by atoms with van der Waals surface area (Å²) in [4.78, 5) is 18.1. The molecule has 42 heavy (non-hydrogen) atoms. The molecule has 0 saturated carbocycles. The van der Waals surface area contributed by atoms with Gasteiger partial charge in [-0.05, 0) is 47.2 Å². The number of hydrogen-bond acceptors (Lipinski definition) is 5. The summed E-state index contributed by atoms with van der Waals surface area (Å²) >= 11 is 0. The molecule has 2 amide bonds. The Morgan fingerprint density at radius 2 is 0.929 bits per heavy atom. The Kier molecular flexibility index (Phi) is 9.41. The van der Waals surface area contributed by atoms with Crippen molar-refractivity contribution in [3.63, 3.8) is 0 Å². The van der Waals surface area contributed by atoms with Crippen LogP contribution in [0, 0.1) is 0 Å². The van der Waals surface area contributed by atoms with E-state index in [1.54, 1.807) is 24.0 Å². The van der Waals surface area contributed by atoms with Gasteiger partial charge in [0.15, 0.2) is 0 Å². The molecule has 0 spiro atoms. The fraction of sp³-hybridized carbons (Fsp3) is 0.286. The summed E-state index contributed by atoms with van der Waals surface area (Å²) in [5.74, 6) is 1.34. The lowest BCUT2D eigenvalue weighted by Crippen LogP contribution is -2.50. The molecule has 4 aromatic rings. The lowest BCUT2D eigenvalue weighted by Gasteiger charge is -2.36. The minimum absolute atomic E-state index is 0.252. The van der Waals surface area contributed by atoms with Crippen molar-refractivity contribution < 1.29 is 24.5 Å². The van der Waals surface area contributed by atoms with Gasteiger partial charge in [-0.1, -0.05) is 97.1 Å². The summed E-state index contributed by atoms with van der Waals surface area (Å²) in [7, 11) is 3.21. The van der Waals surface area contributed by atoms with Gasteiger partial charge in [0.05, 0.1) is 26.3 Å². The Morgan fingerprint density at radius 3 is 1.31 bits per heavy atom. The fourth-order valence-electron chi connectivity index (χ4n) is 5.86. The molecule has 0 bridgehead atoms. The molecule has 7 heteroatoms. The first kappa shape index (κ1) is 29.2. The van der Waals surface area contributed by atoms with Gasteiger partial charge in [0.2, 0.25) is 0 Å². The van der Waals surface area contributed by atoms with Crippen LogP contribution in [0.4, 0.5) is 4.79 Å². The van der Waals surface area contributed by atoms with Crippen LogP contribution in [-0.2, 0) is 25.9 Å². The van der Waals surface area contributed by atoms with Crippen molar-refractivity contribution in [2.24, 2.45) is 0 Å². The van der Waals surface area contributed by atoms with E-state index >= 15 is 0 Å². The van der Waals surface area contributed by atoms with Crippen LogP contribution in [0.1, 0.15) is 22.3 Å². The van der Waals surface area contributed by atoms with Crippen LogP contribution in [0.25, 0.3) is 0 Å².